The Morgan fingerprint density at radius 2 is 2.12 bits per heavy atom. The van der Waals surface area contributed by atoms with Gasteiger partial charge >= 0.3 is 0 Å². The summed E-state index contributed by atoms with van der Waals surface area (Å²) in [6.07, 6.45) is 1.75. The van der Waals surface area contributed by atoms with Crippen molar-refractivity contribution in [3.8, 4) is 5.75 Å². The summed E-state index contributed by atoms with van der Waals surface area (Å²) in [4.78, 5) is 4.17. The molecule has 2 aromatic heterocycles. The Kier molecular flexibility index (Phi) is 3.37. The Labute approximate surface area is 100 Å². The lowest BCUT2D eigenvalue weighted by Crippen LogP contribution is -2.07. The number of aromatic nitrogens is 4. The van der Waals surface area contributed by atoms with Crippen molar-refractivity contribution in [3.05, 3.63) is 35.7 Å². The molecular formula is C12H16N4O. The highest BCUT2D eigenvalue weighted by Gasteiger charge is 2.08. The summed E-state index contributed by atoms with van der Waals surface area (Å²) in [5.74, 6) is 2.54. The molecule has 0 aromatic carbocycles. The Hall–Kier alpha value is -1.91. The number of ether oxygens (including phenoxy) is 1. The van der Waals surface area contributed by atoms with Gasteiger partial charge in [0.25, 0.3) is 0 Å². The average Bonchev–Trinajstić information content (AvgIpc) is 2.69. The Morgan fingerprint density at radius 1 is 1.29 bits per heavy atom. The minimum Gasteiger partial charge on any atom is -0.484 e. The zero-order chi connectivity index (χ0) is 12.3. The van der Waals surface area contributed by atoms with Crippen LogP contribution in [0, 0.1) is 13.8 Å². The van der Waals surface area contributed by atoms with Crippen molar-refractivity contribution >= 4 is 0 Å². The minimum atomic E-state index is 0.418. The van der Waals surface area contributed by atoms with Crippen LogP contribution in [-0.4, -0.2) is 19.7 Å². The molecule has 0 radical (unpaired) electrons. The van der Waals surface area contributed by atoms with Crippen molar-refractivity contribution in [2.45, 2.75) is 33.9 Å². The molecule has 0 aliphatic rings. The Bertz CT molecular complexity index is 507. The number of hydrogen-bond donors (Lipinski definition) is 0. The van der Waals surface area contributed by atoms with Crippen molar-refractivity contribution in [2.75, 3.05) is 0 Å². The van der Waals surface area contributed by atoms with Gasteiger partial charge < -0.3 is 9.30 Å². The predicted octanol–water partition coefficient (Wildman–Crippen LogP) is 1.89. The van der Waals surface area contributed by atoms with Gasteiger partial charge in [0.15, 0.2) is 5.82 Å². The molecule has 0 aliphatic heterocycles. The molecule has 0 bridgehead atoms. The molecule has 5 nitrogen and oxygen atoms in total. The van der Waals surface area contributed by atoms with Gasteiger partial charge in [0.1, 0.15) is 18.2 Å². The van der Waals surface area contributed by atoms with Gasteiger partial charge in [0, 0.05) is 12.7 Å². The molecule has 0 fully saturated rings. The highest BCUT2D eigenvalue weighted by Crippen LogP contribution is 2.15. The van der Waals surface area contributed by atoms with Gasteiger partial charge in [-0.05, 0) is 32.9 Å². The number of nitrogens with zero attached hydrogens (tertiary/aromatic N) is 4. The van der Waals surface area contributed by atoms with Crippen LogP contribution in [0.15, 0.2) is 18.3 Å². The second-order valence-corrected chi connectivity index (χ2v) is 3.78. The SMILES string of the molecule is CCn1c(C)nnc1COc1cccnc1C. The van der Waals surface area contributed by atoms with Crippen molar-refractivity contribution in [1.29, 1.82) is 0 Å². The topological polar surface area (TPSA) is 52.8 Å². The lowest BCUT2D eigenvalue weighted by molar-refractivity contribution is 0.286. The van der Waals surface area contributed by atoms with Gasteiger partial charge in [-0.3, -0.25) is 4.98 Å². The van der Waals surface area contributed by atoms with Gasteiger partial charge in [-0.15, -0.1) is 10.2 Å². The summed E-state index contributed by atoms with van der Waals surface area (Å²) in [6, 6.07) is 3.76. The van der Waals surface area contributed by atoms with Crippen LogP contribution in [0.3, 0.4) is 0 Å². The van der Waals surface area contributed by atoms with E-state index in [1.54, 1.807) is 6.20 Å². The fourth-order valence-electron chi connectivity index (χ4n) is 1.71. The first-order valence-corrected chi connectivity index (χ1v) is 5.65. The largest absolute Gasteiger partial charge is 0.484 e. The van der Waals surface area contributed by atoms with Crippen LogP contribution in [0.4, 0.5) is 0 Å². The zero-order valence-corrected chi connectivity index (χ0v) is 10.3. The molecule has 17 heavy (non-hydrogen) atoms. The minimum absolute atomic E-state index is 0.418. The average molecular weight is 232 g/mol. The van der Waals surface area contributed by atoms with Crippen LogP contribution < -0.4 is 4.74 Å². The van der Waals surface area contributed by atoms with E-state index in [-0.39, 0.29) is 0 Å². The molecule has 2 rings (SSSR count). The van der Waals surface area contributed by atoms with Gasteiger partial charge in [-0.1, -0.05) is 0 Å². The molecule has 0 spiro atoms. The van der Waals surface area contributed by atoms with E-state index in [1.165, 1.54) is 0 Å². The molecule has 2 aromatic rings. The normalized spacial score (nSPS) is 10.5. The second kappa shape index (κ2) is 4.95. The third-order valence-electron chi connectivity index (χ3n) is 2.64. The summed E-state index contributed by atoms with van der Waals surface area (Å²) in [6.45, 7) is 7.19. The van der Waals surface area contributed by atoms with E-state index in [1.807, 2.05) is 30.5 Å². The van der Waals surface area contributed by atoms with Crippen molar-refractivity contribution in [3.63, 3.8) is 0 Å². The first-order chi connectivity index (χ1) is 8.22. The summed E-state index contributed by atoms with van der Waals surface area (Å²) in [5.41, 5.74) is 0.881. The van der Waals surface area contributed by atoms with E-state index < -0.39 is 0 Å². The molecule has 2 heterocycles. The molecule has 0 atom stereocenters. The van der Waals surface area contributed by atoms with Crippen molar-refractivity contribution in [2.24, 2.45) is 0 Å². The lowest BCUT2D eigenvalue weighted by Gasteiger charge is -2.08. The zero-order valence-electron chi connectivity index (χ0n) is 10.3. The predicted molar refractivity (Wildman–Crippen MR) is 63.7 cm³/mol. The molecule has 0 unspecified atom stereocenters. The number of rotatable bonds is 4. The maximum atomic E-state index is 5.69. The lowest BCUT2D eigenvalue weighted by atomic mass is 10.3. The highest BCUT2D eigenvalue weighted by atomic mass is 16.5. The van der Waals surface area contributed by atoms with Crippen LogP contribution in [0.1, 0.15) is 24.3 Å². The quantitative estimate of drug-likeness (QED) is 0.807. The Balaban J connectivity index is 2.10. The molecule has 0 saturated carbocycles. The standard InChI is InChI=1S/C12H16N4O/c1-4-16-10(3)14-15-12(16)8-17-11-6-5-7-13-9(11)2/h5-7H,4,8H2,1-3H3. The smallest absolute Gasteiger partial charge is 0.171 e. The number of pyridine rings is 1. The maximum absolute atomic E-state index is 5.69. The third-order valence-corrected chi connectivity index (χ3v) is 2.64. The summed E-state index contributed by atoms with van der Waals surface area (Å²) in [5, 5.41) is 8.14. The van der Waals surface area contributed by atoms with Gasteiger partial charge in [0.05, 0.1) is 5.69 Å². The van der Waals surface area contributed by atoms with E-state index >= 15 is 0 Å². The molecule has 0 amide bonds. The van der Waals surface area contributed by atoms with Crippen molar-refractivity contribution in [1.82, 2.24) is 19.7 Å². The van der Waals surface area contributed by atoms with Crippen LogP contribution >= 0.6 is 0 Å². The molecule has 5 heteroatoms. The summed E-state index contributed by atoms with van der Waals surface area (Å²) < 4.78 is 7.73. The highest BCUT2D eigenvalue weighted by molar-refractivity contribution is 5.25. The fraction of sp³-hybridized carbons (Fsp3) is 0.417. The fourth-order valence-corrected chi connectivity index (χ4v) is 1.71. The molecule has 90 valence electrons. The Morgan fingerprint density at radius 3 is 2.82 bits per heavy atom. The molecule has 0 saturated heterocycles. The van der Waals surface area contributed by atoms with Crippen LogP contribution in [0.25, 0.3) is 0 Å². The van der Waals surface area contributed by atoms with Crippen LogP contribution in [0.5, 0.6) is 5.75 Å². The number of hydrogen-bond acceptors (Lipinski definition) is 4. The third kappa shape index (κ3) is 2.43. The van der Waals surface area contributed by atoms with E-state index in [0.29, 0.717) is 6.61 Å². The van der Waals surface area contributed by atoms with Crippen LogP contribution in [0.2, 0.25) is 0 Å². The summed E-state index contributed by atoms with van der Waals surface area (Å²) in [7, 11) is 0. The van der Waals surface area contributed by atoms with Crippen molar-refractivity contribution < 1.29 is 4.74 Å². The van der Waals surface area contributed by atoms with E-state index in [2.05, 4.69) is 22.1 Å². The molecule has 0 aliphatic carbocycles. The maximum Gasteiger partial charge on any atom is 0.171 e. The van der Waals surface area contributed by atoms with Gasteiger partial charge in [-0.2, -0.15) is 0 Å². The van der Waals surface area contributed by atoms with E-state index in [4.69, 9.17) is 4.74 Å². The first-order valence-electron chi connectivity index (χ1n) is 5.65. The van der Waals surface area contributed by atoms with E-state index in [9.17, 15) is 0 Å². The second-order valence-electron chi connectivity index (χ2n) is 3.78. The van der Waals surface area contributed by atoms with Crippen LogP contribution in [-0.2, 0) is 13.2 Å². The summed E-state index contributed by atoms with van der Waals surface area (Å²) >= 11 is 0. The van der Waals surface area contributed by atoms with Gasteiger partial charge in [-0.25, -0.2) is 0 Å². The van der Waals surface area contributed by atoms with Gasteiger partial charge in [0.2, 0.25) is 0 Å². The first kappa shape index (κ1) is 11.6. The number of aryl methyl sites for hydroxylation is 2. The molecular weight excluding hydrogens is 216 g/mol. The monoisotopic (exact) mass is 232 g/mol. The van der Waals surface area contributed by atoms with E-state index in [0.717, 1.165) is 29.6 Å². The molecule has 0 N–H and O–H groups in total.